The second kappa shape index (κ2) is 9.89. The van der Waals surface area contributed by atoms with E-state index in [9.17, 15) is 4.39 Å². The van der Waals surface area contributed by atoms with Gasteiger partial charge in [0.15, 0.2) is 0 Å². The third-order valence-corrected chi connectivity index (χ3v) is 2.83. The van der Waals surface area contributed by atoms with Crippen molar-refractivity contribution in [3.8, 4) is 0 Å². The van der Waals surface area contributed by atoms with Crippen molar-refractivity contribution in [1.82, 2.24) is 5.32 Å². The molecule has 1 unspecified atom stereocenters. The van der Waals surface area contributed by atoms with E-state index in [-0.39, 0.29) is 11.9 Å². The van der Waals surface area contributed by atoms with E-state index in [1.54, 1.807) is 7.11 Å². The molecule has 3 nitrogen and oxygen atoms in total. The van der Waals surface area contributed by atoms with Crippen LogP contribution in [0.2, 0.25) is 0 Å². The molecule has 0 bridgehead atoms. The van der Waals surface area contributed by atoms with Crippen molar-refractivity contribution < 1.29 is 13.9 Å². The first-order valence-electron chi connectivity index (χ1n) is 6.80. The van der Waals surface area contributed by atoms with Crippen molar-refractivity contribution >= 4 is 0 Å². The van der Waals surface area contributed by atoms with Crippen LogP contribution in [0.1, 0.15) is 18.9 Å². The molecule has 0 saturated carbocycles. The van der Waals surface area contributed by atoms with Crippen molar-refractivity contribution in [2.45, 2.75) is 25.8 Å². The molecule has 4 heteroatoms. The van der Waals surface area contributed by atoms with Gasteiger partial charge in [-0.15, -0.1) is 0 Å². The van der Waals surface area contributed by atoms with Crippen LogP contribution < -0.4 is 5.32 Å². The SMILES string of the molecule is CCCNC(COCCOC)Cc1ccc(F)cc1. The van der Waals surface area contributed by atoms with Crippen molar-refractivity contribution in [2.75, 3.05) is 33.5 Å². The minimum absolute atomic E-state index is 0.196. The average molecular weight is 269 g/mol. The monoisotopic (exact) mass is 269 g/mol. The van der Waals surface area contributed by atoms with E-state index in [2.05, 4.69) is 12.2 Å². The van der Waals surface area contributed by atoms with Gasteiger partial charge in [-0.25, -0.2) is 4.39 Å². The Hall–Kier alpha value is -0.970. The standard InChI is InChI=1S/C15H24FNO2/c1-3-8-17-15(12-19-10-9-18-2)11-13-4-6-14(16)7-5-13/h4-7,15,17H,3,8-12H2,1-2H3. The summed E-state index contributed by atoms with van der Waals surface area (Å²) in [6.45, 7) is 4.94. The van der Waals surface area contributed by atoms with Crippen LogP contribution in [0.15, 0.2) is 24.3 Å². The fourth-order valence-corrected chi connectivity index (χ4v) is 1.81. The van der Waals surface area contributed by atoms with Crippen LogP contribution in [0.25, 0.3) is 0 Å². The highest BCUT2D eigenvalue weighted by Gasteiger charge is 2.09. The third-order valence-electron chi connectivity index (χ3n) is 2.83. The normalized spacial score (nSPS) is 12.6. The zero-order chi connectivity index (χ0) is 13.9. The van der Waals surface area contributed by atoms with Gasteiger partial charge in [-0.2, -0.15) is 0 Å². The molecule has 0 fully saturated rings. The molecule has 1 aromatic rings. The first-order chi connectivity index (χ1) is 9.26. The number of nitrogens with one attached hydrogen (secondary N) is 1. The molecule has 1 aromatic carbocycles. The summed E-state index contributed by atoms with van der Waals surface area (Å²) >= 11 is 0. The van der Waals surface area contributed by atoms with E-state index < -0.39 is 0 Å². The lowest BCUT2D eigenvalue weighted by Gasteiger charge is -2.18. The summed E-state index contributed by atoms with van der Waals surface area (Å²) in [4.78, 5) is 0. The van der Waals surface area contributed by atoms with E-state index in [1.165, 1.54) is 12.1 Å². The smallest absolute Gasteiger partial charge is 0.123 e. The van der Waals surface area contributed by atoms with Gasteiger partial charge in [0.05, 0.1) is 19.8 Å². The van der Waals surface area contributed by atoms with Gasteiger partial charge in [0, 0.05) is 13.2 Å². The summed E-state index contributed by atoms with van der Waals surface area (Å²) in [7, 11) is 1.66. The highest BCUT2D eigenvalue weighted by atomic mass is 19.1. The van der Waals surface area contributed by atoms with E-state index in [0.29, 0.717) is 19.8 Å². The van der Waals surface area contributed by atoms with Crippen LogP contribution in [0.5, 0.6) is 0 Å². The maximum Gasteiger partial charge on any atom is 0.123 e. The summed E-state index contributed by atoms with van der Waals surface area (Å²) in [5, 5.41) is 3.45. The fourth-order valence-electron chi connectivity index (χ4n) is 1.81. The molecule has 1 atom stereocenters. The molecule has 0 aromatic heterocycles. The summed E-state index contributed by atoms with van der Waals surface area (Å²) < 4.78 is 23.4. The molecule has 0 saturated heterocycles. The van der Waals surface area contributed by atoms with Crippen LogP contribution in [0.3, 0.4) is 0 Å². The molecule has 19 heavy (non-hydrogen) atoms. The highest BCUT2D eigenvalue weighted by molar-refractivity contribution is 5.17. The number of rotatable bonds is 10. The molecule has 1 rings (SSSR count). The van der Waals surface area contributed by atoms with Crippen molar-refractivity contribution in [3.05, 3.63) is 35.6 Å². The number of benzene rings is 1. The average Bonchev–Trinajstić information content (AvgIpc) is 2.43. The lowest BCUT2D eigenvalue weighted by molar-refractivity contribution is 0.0587. The maximum atomic E-state index is 12.9. The molecule has 0 aliphatic rings. The summed E-state index contributed by atoms with van der Waals surface area (Å²) in [5.41, 5.74) is 1.12. The van der Waals surface area contributed by atoms with Gasteiger partial charge in [-0.05, 0) is 37.1 Å². The van der Waals surface area contributed by atoms with Crippen LogP contribution in [-0.4, -0.2) is 39.5 Å². The van der Waals surface area contributed by atoms with E-state index in [1.807, 2.05) is 12.1 Å². The number of halogens is 1. The predicted molar refractivity (Wildman–Crippen MR) is 74.9 cm³/mol. The molecule has 0 aliphatic heterocycles. The van der Waals surface area contributed by atoms with E-state index >= 15 is 0 Å². The molecule has 0 spiro atoms. The zero-order valence-corrected chi connectivity index (χ0v) is 11.8. The molecular weight excluding hydrogens is 245 g/mol. The summed E-state index contributed by atoms with van der Waals surface area (Å²) in [5.74, 6) is -0.196. The molecular formula is C15H24FNO2. The quantitative estimate of drug-likeness (QED) is 0.662. The van der Waals surface area contributed by atoms with Gasteiger partial charge >= 0.3 is 0 Å². The largest absolute Gasteiger partial charge is 0.382 e. The van der Waals surface area contributed by atoms with Gasteiger partial charge in [0.1, 0.15) is 5.82 Å². The highest BCUT2D eigenvalue weighted by Crippen LogP contribution is 2.06. The van der Waals surface area contributed by atoms with Crippen LogP contribution in [-0.2, 0) is 15.9 Å². The Bertz CT molecular complexity index is 329. The Kier molecular flexibility index (Phi) is 8.38. The van der Waals surface area contributed by atoms with Crippen molar-refractivity contribution in [2.24, 2.45) is 0 Å². The molecule has 0 radical (unpaired) electrons. The second-order valence-electron chi connectivity index (χ2n) is 4.55. The van der Waals surface area contributed by atoms with Crippen molar-refractivity contribution in [1.29, 1.82) is 0 Å². The fraction of sp³-hybridized carbons (Fsp3) is 0.600. The number of hydrogen-bond acceptors (Lipinski definition) is 3. The number of hydrogen-bond donors (Lipinski definition) is 1. The van der Waals surface area contributed by atoms with Crippen molar-refractivity contribution in [3.63, 3.8) is 0 Å². The third kappa shape index (κ3) is 7.25. The minimum atomic E-state index is -0.196. The summed E-state index contributed by atoms with van der Waals surface area (Å²) in [6.07, 6.45) is 1.92. The maximum absolute atomic E-state index is 12.9. The Balaban J connectivity index is 2.41. The van der Waals surface area contributed by atoms with E-state index in [4.69, 9.17) is 9.47 Å². The molecule has 108 valence electrons. The molecule has 0 amide bonds. The minimum Gasteiger partial charge on any atom is -0.382 e. The first kappa shape index (κ1) is 16.1. The Morgan fingerprint density at radius 2 is 1.95 bits per heavy atom. The van der Waals surface area contributed by atoms with Gasteiger partial charge < -0.3 is 14.8 Å². The van der Waals surface area contributed by atoms with Crippen LogP contribution in [0.4, 0.5) is 4.39 Å². The lowest BCUT2D eigenvalue weighted by Crippen LogP contribution is -2.36. The second-order valence-corrected chi connectivity index (χ2v) is 4.55. The number of ether oxygens (including phenoxy) is 2. The van der Waals surface area contributed by atoms with Gasteiger partial charge in [-0.1, -0.05) is 19.1 Å². The van der Waals surface area contributed by atoms with E-state index in [0.717, 1.165) is 24.9 Å². The molecule has 0 aliphatic carbocycles. The molecule has 0 heterocycles. The zero-order valence-electron chi connectivity index (χ0n) is 11.8. The van der Waals surface area contributed by atoms with Gasteiger partial charge in [-0.3, -0.25) is 0 Å². The lowest BCUT2D eigenvalue weighted by atomic mass is 10.1. The predicted octanol–water partition coefficient (Wildman–Crippen LogP) is 2.40. The Labute approximate surface area is 115 Å². The number of methoxy groups -OCH3 is 1. The topological polar surface area (TPSA) is 30.5 Å². The Morgan fingerprint density at radius 1 is 1.21 bits per heavy atom. The Morgan fingerprint density at radius 3 is 2.58 bits per heavy atom. The molecule has 1 N–H and O–H groups in total. The van der Waals surface area contributed by atoms with Gasteiger partial charge in [0.2, 0.25) is 0 Å². The van der Waals surface area contributed by atoms with Gasteiger partial charge in [0.25, 0.3) is 0 Å². The first-order valence-corrected chi connectivity index (χ1v) is 6.80. The van der Waals surface area contributed by atoms with Crippen LogP contribution >= 0.6 is 0 Å². The van der Waals surface area contributed by atoms with Crippen LogP contribution in [0, 0.1) is 5.82 Å². The summed E-state index contributed by atoms with van der Waals surface area (Å²) in [6, 6.07) is 6.90.